The number of carbonyl (C=O) groups excluding carboxylic acids is 1. The number of unbranched alkanes of at least 4 members (excludes halogenated alkanes) is 1. The highest BCUT2D eigenvalue weighted by atomic mass is 16.6. The van der Waals surface area contributed by atoms with Gasteiger partial charge in [0, 0.05) is 19.7 Å². The molecule has 1 amide bonds. The van der Waals surface area contributed by atoms with E-state index in [1.165, 1.54) is 4.68 Å². The van der Waals surface area contributed by atoms with Crippen molar-refractivity contribution in [1.29, 1.82) is 0 Å². The minimum absolute atomic E-state index is 0.0514. The van der Waals surface area contributed by atoms with Gasteiger partial charge in [0.2, 0.25) is 5.91 Å². The first-order valence-electron chi connectivity index (χ1n) is 7.93. The number of morpholine rings is 1. The third-order valence-electron chi connectivity index (χ3n) is 3.72. The zero-order valence-electron chi connectivity index (χ0n) is 13.5. The third-order valence-corrected chi connectivity index (χ3v) is 3.72. The van der Waals surface area contributed by atoms with E-state index >= 15 is 0 Å². The number of rotatable bonds is 9. The summed E-state index contributed by atoms with van der Waals surface area (Å²) in [6.07, 6.45) is 1.93. The summed E-state index contributed by atoms with van der Waals surface area (Å²) in [5, 5.41) is 28.5. The third kappa shape index (κ3) is 5.80. The Balaban J connectivity index is 1.79. The van der Waals surface area contributed by atoms with Crippen LogP contribution in [-0.4, -0.2) is 81.3 Å². The molecule has 1 fully saturated rings. The Morgan fingerprint density at radius 2 is 2.12 bits per heavy atom. The van der Waals surface area contributed by atoms with Crippen molar-refractivity contribution >= 4 is 13.2 Å². The van der Waals surface area contributed by atoms with Gasteiger partial charge in [-0.05, 0) is 29.7 Å². The molecule has 0 radical (unpaired) electrons. The number of carbonyl (C=O) groups is 1. The average Bonchev–Trinajstić information content (AvgIpc) is 3.03. The lowest BCUT2D eigenvalue weighted by atomic mass is 10.1. The van der Waals surface area contributed by atoms with E-state index in [2.05, 4.69) is 20.2 Å². The Morgan fingerprint density at radius 3 is 2.83 bits per heavy atom. The van der Waals surface area contributed by atoms with E-state index in [-0.39, 0.29) is 19.1 Å². The lowest BCUT2D eigenvalue weighted by Crippen LogP contribution is -2.42. The van der Waals surface area contributed by atoms with Crippen LogP contribution in [-0.2, 0) is 20.7 Å². The van der Waals surface area contributed by atoms with Crippen molar-refractivity contribution in [2.24, 2.45) is 5.73 Å². The van der Waals surface area contributed by atoms with Gasteiger partial charge in [-0.3, -0.25) is 4.79 Å². The van der Waals surface area contributed by atoms with Crippen LogP contribution in [0.25, 0.3) is 0 Å². The molecule has 1 unspecified atom stereocenters. The predicted octanol–water partition coefficient (Wildman–Crippen LogP) is -2.31. The van der Waals surface area contributed by atoms with Gasteiger partial charge in [-0.1, -0.05) is 0 Å². The van der Waals surface area contributed by atoms with Gasteiger partial charge in [-0.15, -0.1) is 5.10 Å². The van der Waals surface area contributed by atoms with Crippen molar-refractivity contribution in [3.8, 4) is 0 Å². The quantitative estimate of drug-likeness (QED) is 0.332. The van der Waals surface area contributed by atoms with E-state index in [4.69, 9.17) is 20.5 Å². The van der Waals surface area contributed by atoms with E-state index in [0.717, 1.165) is 0 Å². The minimum Gasteiger partial charge on any atom is -0.402 e. The molecule has 12 heteroatoms. The highest BCUT2D eigenvalue weighted by Gasteiger charge is 2.21. The average molecular weight is 342 g/mol. The highest BCUT2D eigenvalue weighted by Crippen LogP contribution is 2.14. The Kier molecular flexibility index (Phi) is 7.53. The molecule has 1 aliphatic rings. The predicted molar refractivity (Wildman–Crippen MR) is 82.1 cm³/mol. The highest BCUT2D eigenvalue weighted by molar-refractivity contribution is 6.32. The fourth-order valence-electron chi connectivity index (χ4n) is 2.41. The fourth-order valence-corrected chi connectivity index (χ4v) is 2.41. The fraction of sp³-hybridized carbons (Fsp3) is 0.833. The van der Waals surface area contributed by atoms with Gasteiger partial charge < -0.3 is 30.1 Å². The van der Waals surface area contributed by atoms with E-state index in [9.17, 15) is 4.79 Å². The molecule has 11 nitrogen and oxygen atoms in total. The van der Waals surface area contributed by atoms with Gasteiger partial charge in [0.25, 0.3) is 0 Å². The number of aromatic nitrogens is 4. The summed E-state index contributed by atoms with van der Waals surface area (Å²) in [6, 6.07) is -0.406. The maximum absolute atomic E-state index is 12.3. The minimum atomic E-state index is -1.75. The number of hydrogen-bond donors (Lipinski definition) is 3. The second-order valence-corrected chi connectivity index (χ2v) is 5.49. The van der Waals surface area contributed by atoms with Crippen LogP contribution in [0.5, 0.6) is 0 Å². The van der Waals surface area contributed by atoms with Gasteiger partial charge >= 0.3 is 7.32 Å². The van der Waals surface area contributed by atoms with Gasteiger partial charge in [0.15, 0.2) is 5.82 Å². The smallest absolute Gasteiger partial charge is 0.402 e. The molecule has 1 saturated heterocycles. The Hall–Kier alpha value is -1.60. The molecule has 0 bridgehead atoms. The number of hydrogen-bond acceptors (Lipinski definition) is 9. The monoisotopic (exact) mass is 342 g/mol. The summed E-state index contributed by atoms with van der Waals surface area (Å²) in [5.74, 6) is 0.393. The lowest BCUT2D eigenvalue weighted by molar-refractivity contribution is -0.136. The molecular weight excluding hydrogens is 319 g/mol. The Morgan fingerprint density at radius 1 is 1.38 bits per heavy atom. The second kappa shape index (κ2) is 9.64. The summed E-state index contributed by atoms with van der Waals surface area (Å²) in [4.78, 5) is 14.0. The molecule has 0 saturated carbocycles. The molecule has 0 aliphatic carbocycles. The van der Waals surface area contributed by atoms with Gasteiger partial charge in [-0.25, -0.2) is 4.68 Å². The van der Waals surface area contributed by atoms with Crippen LogP contribution in [0.15, 0.2) is 0 Å². The maximum atomic E-state index is 12.3. The summed E-state index contributed by atoms with van der Waals surface area (Å²) in [6.45, 7) is 2.50. The molecule has 1 aromatic heterocycles. The molecular formula is C12H23BN6O5. The van der Waals surface area contributed by atoms with Crippen molar-refractivity contribution in [3.63, 3.8) is 0 Å². The summed E-state index contributed by atoms with van der Waals surface area (Å²) in [5.41, 5.74) is 6.09. The number of nitrogens with two attached hydrogens (primary N) is 1. The standard InChI is InChI=1S/C12H23BN6O5/c14-10(3-1-2-6-24-13(21)22)12-15-16-17-19(12)9-11(20)18-4-7-23-8-5-18/h10,21-22H,1-9,14H2. The van der Waals surface area contributed by atoms with Crippen molar-refractivity contribution in [2.45, 2.75) is 31.8 Å². The number of ether oxygens (including phenoxy) is 1. The molecule has 1 aliphatic heterocycles. The number of nitrogens with zero attached hydrogens (tertiary/aromatic N) is 5. The lowest BCUT2D eigenvalue weighted by Gasteiger charge is -2.26. The zero-order valence-corrected chi connectivity index (χ0v) is 13.5. The molecule has 0 aromatic carbocycles. The molecule has 1 atom stereocenters. The van der Waals surface area contributed by atoms with E-state index in [0.29, 0.717) is 51.4 Å². The molecule has 4 N–H and O–H groups in total. The SMILES string of the molecule is NC(CCCCOB(O)O)c1nnnn1CC(=O)N1CCOCC1. The van der Waals surface area contributed by atoms with Gasteiger partial charge in [0.05, 0.1) is 19.3 Å². The molecule has 0 spiro atoms. The van der Waals surface area contributed by atoms with Crippen LogP contribution in [0.2, 0.25) is 0 Å². The van der Waals surface area contributed by atoms with E-state index in [1.807, 2.05) is 0 Å². The summed E-state index contributed by atoms with van der Waals surface area (Å²) in [7, 11) is -1.75. The first-order valence-corrected chi connectivity index (χ1v) is 7.93. The first-order chi connectivity index (χ1) is 11.6. The topological polar surface area (TPSA) is 149 Å². The summed E-state index contributed by atoms with van der Waals surface area (Å²) >= 11 is 0. The number of tetrazole rings is 1. The zero-order chi connectivity index (χ0) is 17.4. The Bertz CT molecular complexity index is 510. The van der Waals surface area contributed by atoms with Crippen LogP contribution < -0.4 is 5.73 Å². The maximum Gasteiger partial charge on any atom is 0.633 e. The van der Waals surface area contributed by atoms with Crippen molar-refractivity contribution in [1.82, 2.24) is 25.1 Å². The summed E-state index contributed by atoms with van der Waals surface area (Å²) < 4.78 is 11.3. The van der Waals surface area contributed by atoms with Crippen molar-refractivity contribution < 1.29 is 24.2 Å². The molecule has 24 heavy (non-hydrogen) atoms. The van der Waals surface area contributed by atoms with Crippen molar-refractivity contribution in [3.05, 3.63) is 5.82 Å². The number of amides is 1. The van der Waals surface area contributed by atoms with E-state index in [1.54, 1.807) is 4.90 Å². The van der Waals surface area contributed by atoms with Crippen LogP contribution in [0.4, 0.5) is 0 Å². The van der Waals surface area contributed by atoms with Crippen molar-refractivity contribution in [2.75, 3.05) is 32.9 Å². The van der Waals surface area contributed by atoms with Crippen LogP contribution in [0, 0.1) is 0 Å². The second-order valence-electron chi connectivity index (χ2n) is 5.49. The van der Waals surface area contributed by atoms with Crippen LogP contribution >= 0.6 is 0 Å². The normalized spacial score (nSPS) is 16.2. The molecule has 2 rings (SSSR count). The van der Waals surface area contributed by atoms with E-state index < -0.39 is 13.4 Å². The molecule has 134 valence electrons. The molecule has 1 aromatic rings. The largest absolute Gasteiger partial charge is 0.633 e. The molecule has 2 heterocycles. The van der Waals surface area contributed by atoms with Gasteiger partial charge in [0.1, 0.15) is 6.54 Å². The Labute approximate surface area is 139 Å². The first kappa shape index (κ1) is 18.7. The van der Waals surface area contributed by atoms with Gasteiger partial charge in [-0.2, -0.15) is 0 Å². The van der Waals surface area contributed by atoms with Crippen LogP contribution in [0.1, 0.15) is 31.1 Å². The van der Waals surface area contributed by atoms with Crippen LogP contribution in [0.3, 0.4) is 0 Å².